The fraction of sp³-hybridized carbons (Fsp3) is 0.385. The van der Waals surface area contributed by atoms with E-state index in [2.05, 4.69) is 17.0 Å². The number of ether oxygens (including phenoxy) is 1. The summed E-state index contributed by atoms with van der Waals surface area (Å²) < 4.78 is 4.67. The van der Waals surface area contributed by atoms with E-state index in [1.807, 2.05) is 24.3 Å². The smallest absolute Gasteiger partial charge is 0.329 e. The molecule has 2 N–H and O–H groups in total. The first-order valence-corrected chi connectivity index (χ1v) is 5.76. The number of rotatable bonds is 7. The molecule has 0 aliphatic carbocycles. The maximum atomic E-state index is 11.3. The summed E-state index contributed by atoms with van der Waals surface area (Å²) in [5.74, 6) is -1.41. The summed E-state index contributed by atoms with van der Waals surface area (Å²) in [6.07, 6.45) is 0.982. The van der Waals surface area contributed by atoms with E-state index in [-0.39, 0.29) is 12.5 Å². The van der Waals surface area contributed by atoms with Crippen LogP contribution in [0.1, 0.15) is 18.1 Å². The van der Waals surface area contributed by atoms with Crippen LogP contribution in [0.2, 0.25) is 0 Å². The van der Waals surface area contributed by atoms with Gasteiger partial charge in [-0.05, 0) is 17.5 Å². The molecule has 5 heteroatoms. The monoisotopic (exact) mass is 251 g/mol. The number of carboxylic acid groups (broad SMARTS) is 1. The van der Waals surface area contributed by atoms with Crippen LogP contribution in [0.4, 0.5) is 0 Å². The summed E-state index contributed by atoms with van der Waals surface area (Å²) in [4.78, 5) is 21.5. The largest absolute Gasteiger partial charge is 0.480 e. The van der Waals surface area contributed by atoms with Crippen LogP contribution in [0.3, 0.4) is 0 Å². The normalized spacial score (nSPS) is 10.1. The molecule has 18 heavy (non-hydrogen) atoms. The summed E-state index contributed by atoms with van der Waals surface area (Å²) in [6, 6.07) is 7.94. The zero-order chi connectivity index (χ0) is 13.4. The van der Waals surface area contributed by atoms with Gasteiger partial charge in [0.1, 0.15) is 13.2 Å². The van der Waals surface area contributed by atoms with Crippen LogP contribution in [-0.4, -0.2) is 30.2 Å². The third kappa shape index (κ3) is 5.45. The molecular weight excluding hydrogens is 234 g/mol. The van der Waals surface area contributed by atoms with Crippen molar-refractivity contribution in [3.8, 4) is 0 Å². The van der Waals surface area contributed by atoms with E-state index >= 15 is 0 Å². The Morgan fingerprint density at radius 3 is 2.33 bits per heavy atom. The molecule has 0 aromatic heterocycles. The highest BCUT2D eigenvalue weighted by molar-refractivity contribution is 5.77. The molecule has 1 amide bonds. The van der Waals surface area contributed by atoms with Gasteiger partial charge in [-0.3, -0.25) is 4.79 Å². The molecule has 0 bridgehead atoms. The minimum absolute atomic E-state index is 0.237. The van der Waals surface area contributed by atoms with Gasteiger partial charge in [-0.1, -0.05) is 31.2 Å². The lowest BCUT2D eigenvalue weighted by atomic mass is 10.1. The molecule has 0 saturated heterocycles. The van der Waals surface area contributed by atoms with Gasteiger partial charge in [0.2, 0.25) is 5.91 Å². The quantitative estimate of drug-likeness (QED) is 0.757. The summed E-state index contributed by atoms with van der Waals surface area (Å²) in [6.45, 7) is 1.80. The first kappa shape index (κ1) is 14.2. The van der Waals surface area contributed by atoms with Crippen molar-refractivity contribution in [2.24, 2.45) is 0 Å². The van der Waals surface area contributed by atoms with E-state index in [0.29, 0.717) is 6.54 Å². The molecule has 0 atom stereocenters. The van der Waals surface area contributed by atoms with Gasteiger partial charge >= 0.3 is 5.97 Å². The van der Waals surface area contributed by atoms with E-state index in [9.17, 15) is 9.59 Å². The molecule has 0 aliphatic heterocycles. The lowest BCUT2D eigenvalue weighted by molar-refractivity contribution is -0.143. The zero-order valence-electron chi connectivity index (χ0n) is 10.3. The van der Waals surface area contributed by atoms with Crippen molar-refractivity contribution in [3.63, 3.8) is 0 Å². The molecule has 0 spiro atoms. The Hall–Kier alpha value is -1.88. The number of amides is 1. The van der Waals surface area contributed by atoms with E-state index in [1.165, 1.54) is 5.56 Å². The van der Waals surface area contributed by atoms with Gasteiger partial charge in [0.15, 0.2) is 0 Å². The van der Waals surface area contributed by atoms with Crippen LogP contribution in [0, 0.1) is 0 Å². The van der Waals surface area contributed by atoms with Crippen molar-refractivity contribution in [1.29, 1.82) is 0 Å². The number of carbonyl (C=O) groups excluding carboxylic acids is 1. The Morgan fingerprint density at radius 1 is 1.17 bits per heavy atom. The Morgan fingerprint density at radius 2 is 1.78 bits per heavy atom. The first-order valence-electron chi connectivity index (χ1n) is 5.76. The number of carbonyl (C=O) groups is 2. The summed E-state index contributed by atoms with van der Waals surface area (Å²) in [5.41, 5.74) is 2.24. The second kappa shape index (κ2) is 7.45. The summed E-state index contributed by atoms with van der Waals surface area (Å²) >= 11 is 0. The minimum atomic E-state index is -1.09. The van der Waals surface area contributed by atoms with Crippen LogP contribution in [-0.2, 0) is 27.3 Å². The Balaban J connectivity index is 2.26. The predicted octanol–water partition coefficient (Wildman–Crippen LogP) is 0.966. The van der Waals surface area contributed by atoms with Crippen molar-refractivity contribution >= 4 is 11.9 Å². The predicted molar refractivity (Wildman–Crippen MR) is 66.1 cm³/mol. The highest BCUT2D eigenvalue weighted by atomic mass is 16.5. The molecule has 0 aliphatic rings. The molecule has 0 radical (unpaired) electrons. The van der Waals surface area contributed by atoms with E-state index < -0.39 is 12.6 Å². The molecular formula is C13H17NO4. The lowest BCUT2D eigenvalue weighted by Gasteiger charge is -2.06. The number of hydrogen-bond acceptors (Lipinski definition) is 3. The van der Waals surface area contributed by atoms with Crippen molar-refractivity contribution in [1.82, 2.24) is 5.32 Å². The Labute approximate surface area is 106 Å². The van der Waals surface area contributed by atoms with Gasteiger partial charge in [0, 0.05) is 6.54 Å². The fourth-order valence-electron chi connectivity index (χ4n) is 1.38. The molecule has 1 aromatic carbocycles. The number of carboxylic acids is 1. The second-order valence-corrected chi connectivity index (χ2v) is 3.83. The number of aliphatic carboxylic acids is 1. The SMILES string of the molecule is CCc1ccc(CNC(=O)COCC(=O)O)cc1. The number of aryl methyl sites for hydroxylation is 1. The van der Waals surface area contributed by atoms with Crippen LogP contribution < -0.4 is 5.32 Å². The van der Waals surface area contributed by atoms with Gasteiger partial charge in [-0.15, -0.1) is 0 Å². The van der Waals surface area contributed by atoms with Crippen molar-refractivity contribution in [2.75, 3.05) is 13.2 Å². The van der Waals surface area contributed by atoms with Gasteiger partial charge < -0.3 is 15.2 Å². The average Bonchev–Trinajstić information content (AvgIpc) is 2.36. The van der Waals surface area contributed by atoms with Crippen molar-refractivity contribution in [3.05, 3.63) is 35.4 Å². The summed E-state index contributed by atoms with van der Waals surface area (Å²) in [5, 5.41) is 11.0. The standard InChI is InChI=1S/C13H17NO4/c1-2-10-3-5-11(6-4-10)7-14-12(15)8-18-9-13(16)17/h3-6H,2,7-9H2,1H3,(H,14,15)(H,16,17). The third-order valence-electron chi connectivity index (χ3n) is 2.38. The molecule has 0 heterocycles. The fourth-order valence-corrected chi connectivity index (χ4v) is 1.38. The maximum absolute atomic E-state index is 11.3. The topological polar surface area (TPSA) is 75.6 Å². The molecule has 5 nitrogen and oxygen atoms in total. The number of hydrogen-bond donors (Lipinski definition) is 2. The third-order valence-corrected chi connectivity index (χ3v) is 2.38. The molecule has 1 rings (SSSR count). The van der Waals surface area contributed by atoms with Crippen molar-refractivity contribution < 1.29 is 19.4 Å². The van der Waals surface area contributed by atoms with E-state index in [1.54, 1.807) is 0 Å². The number of benzene rings is 1. The van der Waals surface area contributed by atoms with E-state index in [0.717, 1.165) is 12.0 Å². The van der Waals surface area contributed by atoms with E-state index in [4.69, 9.17) is 5.11 Å². The number of nitrogens with one attached hydrogen (secondary N) is 1. The first-order chi connectivity index (χ1) is 8.61. The average molecular weight is 251 g/mol. The molecule has 98 valence electrons. The lowest BCUT2D eigenvalue weighted by Crippen LogP contribution is -2.28. The minimum Gasteiger partial charge on any atom is -0.480 e. The highest BCUT2D eigenvalue weighted by Gasteiger charge is 2.03. The summed E-state index contributed by atoms with van der Waals surface area (Å²) in [7, 11) is 0. The molecule has 0 fully saturated rings. The van der Waals surface area contributed by atoms with Crippen molar-refractivity contribution in [2.45, 2.75) is 19.9 Å². The van der Waals surface area contributed by atoms with Crippen LogP contribution in [0.15, 0.2) is 24.3 Å². The van der Waals surface area contributed by atoms with Crippen LogP contribution in [0.25, 0.3) is 0 Å². The molecule has 0 unspecified atom stereocenters. The highest BCUT2D eigenvalue weighted by Crippen LogP contribution is 2.04. The Kier molecular flexibility index (Phi) is 5.87. The van der Waals surface area contributed by atoms with Crippen LogP contribution >= 0.6 is 0 Å². The van der Waals surface area contributed by atoms with Crippen LogP contribution in [0.5, 0.6) is 0 Å². The van der Waals surface area contributed by atoms with Gasteiger partial charge in [0.25, 0.3) is 0 Å². The molecule has 0 saturated carbocycles. The van der Waals surface area contributed by atoms with Gasteiger partial charge in [-0.25, -0.2) is 4.79 Å². The van der Waals surface area contributed by atoms with Gasteiger partial charge in [-0.2, -0.15) is 0 Å². The Bertz CT molecular complexity index is 400. The molecule has 1 aromatic rings. The second-order valence-electron chi connectivity index (χ2n) is 3.83. The zero-order valence-corrected chi connectivity index (χ0v) is 10.3. The van der Waals surface area contributed by atoms with Gasteiger partial charge in [0.05, 0.1) is 0 Å². The maximum Gasteiger partial charge on any atom is 0.329 e.